The van der Waals surface area contributed by atoms with Crippen molar-refractivity contribution < 1.29 is 18.0 Å². The number of hydrogen-bond acceptors (Lipinski definition) is 6. The van der Waals surface area contributed by atoms with Crippen LogP contribution < -0.4 is 4.72 Å². The van der Waals surface area contributed by atoms with Gasteiger partial charge >= 0.3 is 0 Å². The first-order chi connectivity index (χ1) is 14.8. The van der Waals surface area contributed by atoms with Gasteiger partial charge in [0.05, 0.1) is 9.21 Å². The lowest BCUT2D eigenvalue weighted by Gasteiger charge is -2.34. The van der Waals surface area contributed by atoms with Gasteiger partial charge in [-0.05, 0) is 47.8 Å². The summed E-state index contributed by atoms with van der Waals surface area (Å²) in [6.07, 6.45) is 0. The van der Waals surface area contributed by atoms with Crippen LogP contribution in [0.5, 0.6) is 0 Å². The second kappa shape index (κ2) is 8.99. The highest BCUT2D eigenvalue weighted by Gasteiger charge is 2.26. The van der Waals surface area contributed by atoms with Crippen LogP contribution in [0.2, 0.25) is 4.34 Å². The van der Waals surface area contributed by atoms with E-state index >= 15 is 0 Å². The number of benzene rings is 1. The lowest BCUT2D eigenvalue weighted by molar-refractivity contribution is 0.0538. The molecule has 0 spiro atoms. The van der Waals surface area contributed by atoms with E-state index in [0.717, 1.165) is 11.3 Å². The quantitative estimate of drug-likeness (QED) is 0.582. The number of thiophene rings is 2. The molecule has 11 heteroatoms. The van der Waals surface area contributed by atoms with Gasteiger partial charge in [0.15, 0.2) is 0 Å². The minimum Gasteiger partial charge on any atom is -0.335 e. The van der Waals surface area contributed by atoms with E-state index in [0.29, 0.717) is 46.6 Å². The van der Waals surface area contributed by atoms with E-state index in [1.165, 1.54) is 23.5 Å². The van der Waals surface area contributed by atoms with Gasteiger partial charge in [-0.2, -0.15) is 0 Å². The minimum absolute atomic E-state index is 0.00855. The maximum absolute atomic E-state index is 12.8. The third kappa shape index (κ3) is 4.93. The summed E-state index contributed by atoms with van der Waals surface area (Å²) in [5.41, 5.74) is 0.813. The fourth-order valence-corrected chi connectivity index (χ4v) is 6.41. The van der Waals surface area contributed by atoms with E-state index in [1.807, 2.05) is 11.4 Å². The minimum atomic E-state index is -3.73. The summed E-state index contributed by atoms with van der Waals surface area (Å²) in [4.78, 5) is 29.4. The van der Waals surface area contributed by atoms with Gasteiger partial charge in [-0.25, -0.2) is 8.42 Å². The number of nitrogens with zero attached hydrogens (tertiary/aromatic N) is 2. The Morgan fingerprint density at radius 1 is 0.903 bits per heavy atom. The summed E-state index contributed by atoms with van der Waals surface area (Å²) < 4.78 is 27.8. The van der Waals surface area contributed by atoms with E-state index < -0.39 is 10.0 Å². The average molecular weight is 496 g/mol. The van der Waals surface area contributed by atoms with Gasteiger partial charge in [0.2, 0.25) is 0 Å². The molecule has 3 heterocycles. The number of piperazine rings is 1. The molecule has 3 aromatic rings. The van der Waals surface area contributed by atoms with Gasteiger partial charge in [-0.15, -0.1) is 22.7 Å². The number of carbonyl (C=O) groups is 2. The Kier molecular flexibility index (Phi) is 6.33. The van der Waals surface area contributed by atoms with Gasteiger partial charge < -0.3 is 9.80 Å². The molecule has 1 N–H and O–H groups in total. The molecule has 0 aliphatic carbocycles. The molecule has 31 heavy (non-hydrogen) atoms. The van der Waals surface area contributed by atoms with Crippen molar-refractivity contribution >= 4 is 61.8 Å². The molecule has 1 saturated heterocycles. The predicted molar refractivity (Wildman–Crippen MR) is 123 cm³/mol. The smallest absolute Gasteiger partial charge is 0.271 e. The average Bonchev–Trinajstić information content (AvgIpc) is 3.45. The van der Waals surface area contributed by atoms with Crippen molar-refractivity contribution in [2.24, 2.45) is 0 Å². The number of halogens is 1. The van der Waals surface area contributed by atoms with Crippen molar-refractivity contribution in [1.29, 1.82) is 0 Å². The molecule has 0 unspecified atom stereocenters. The summed E-state index contributed by atoms with van der Waals surface area (Å²) in [6, 6.07) is 12.9. The molecule has 4 rings (SSSR count). The van der Waals surface area contributed by atoms with Crippen LogP contribution in [0.25, 0.3) is 0 Å². The van der Waals surface area contributed by atoms with Crippen LogP contribution in [0.1, 0.15) is 20.0 Å². The zero-order chi connectivity index (χ0) is 22.0. The lowest BCUT2D eigenvalue weighted by atomic mass is 10.1. The van der Waals surface area contributed by atoms with Crippen LogP contribution in [0, 0.1) is 0 Å². The van der Waals surface area contributed by atoms with E-state index in [1.54, 1.807) is 40.1 Å². The Balaban J connectivity index is 1.36. The first kappa shape index (κ1) is 21.8. The van der Waals surface area contributed by atoms with Crippen molar-refractivity contribution in [3.63, 3.8) is 0 Å². The number of hydrogen-bond donors (Lipinski definition) is 1. The molecule has 1 aliphatic heterocycles. The Hall–Kier alpha value is -2.40. The summed E-state index contributed by atoms with van der Waals surface area (Å²) in [6.45, 7) is 1.85. The molecule has 1 aromatic carbocycles. The van der Waals surface area contributed by atoms with Gasteiger partial charge in [-0.1, -0.05) is 17.7 Å². The maximum atomic E-state index is 12.8. The highest BCUT2D eigenvalue weighted by atomic mass is 35.5. The Labute approximate surface area is 192 Å². The van der Waals surface area contributed by atoms with Crippen molar-refractivity contribution in [3.05, 3.63) is 68.7 Å². The fraction of sp³-hybridized carbons (Fsp3) is 0.200. The highest BCUT2D eigenvalue weighted by molar-refractivity contribution is 7.94. The Morgan fingerprint density at radius 3 is 2.10 bits per heavy atom. The largest absolute Gasteiger partial charge is 0.335 e. The molecule has 7 nitrogen and oxygen atoms in total. The Bertz CT molecular complexity index is 1180. The van der Waals surface area contributed by atoms with E-state index in [-0.39, 0.29) is 16.0 Å². The number of carbonyl (C=O) groups excluding carboxylic acids is 2. The van der Waals surface area contributed by atoms with Gasteiger partial charge in [0.1, 0.15) is 4.21 Å². The fourth-order valence-electron chi connectivity index (χ4n) is 3.18. The summed E-state index contributed by atoms with van der Waals surface area (Å²) in [5.74, 6) is -0.159. The van der Waals surface area contributed by atoms with E-state index in [4.69, 9.17) is 11.6 Å². The molecule has 0 atom stereocenters. The second-order valence-electron chi connectivity index (χ2n) is 6.80. The van der Waals surface area contributed by atoms with Crippen LogP contribution in [0.4, 0.5) is 5.69 Å². The molecule has 0 radical (unpaired) electrons. The van der Waals surface area contributed by atoms with Gasteiger partial charge in [0.25, 0.3) is 21.8 Å². The highest BCUT2D eigenvalue weighted by Crippen LogP contribution is 2.27. The van der Waals surface area contributed by atoms with Crippen LogP contribution in [0.3, 0.4) is 0 Å². The third-order valence-corrected chi connectivity index (χ3v) is 8.75. The number of nitrogens with one attached hydrogen (secondary N) is 1. The first-order valence-electron chi connectivity index (χ1n) is 9.34. The van der Waals surface area contributed by atoms with Crippen LogP contribution in [0.15, 0.2) is 58.1 Å². The topological polar surface area (TPSA) is 86.8 Å². The summed E-state index contributed by atoms with van der Waals surface area (Å²) in [7, 11) is -3.73. The van der Waals surface area contributed by atoms with Gasteiger partial charge in [-0.3, -0.25) is 14.3 Å². The Morgan fingerprint density at radius 2 is 1.55 bits per heavy atom. The molecular formula is C20H18ClN3O4S3. The van der Waals surface area contributed by atoms with Crippen LogP contribution in [-0.4, -0.2) is 56.2 Å². The number of rotatable bonds is 5. The lowest BCUT2D eigenvalue weighted by Crippen LogP contribution is -2.50. The van der Waals surface area contributed by atoms with Crippen molar-refractivity contribution in [3.8, 4) is 0 Å². The molecule has 2 amide bonds. The summed E-state index contributed by atoms with van der Waals surface area (Å²) >= 11 is 8.19. The van der Waals surface area contributed by atoms with Crippen molar-refractivity contribution in [2.75, 3.05) is 30.9 Å². The predicted octanol–water partition coefficient (Wildman–Crippen LogP) is 3.86. The SMILES string of the molecule is O=C(c1ccc(NS(=O)(=O)c2ccc(Cl)s2)cc1)N1CCN(C(=O)c2cccs2)CC1. The molecule has 1 aliphatic rings. The van der Waals surface area contributed by atoms with Crippen LogP contribution >= 0.6 is 34.3 Å². The maximum Gasteiger partial charge on any atom is 0.271 e. The van der Waals surface area contributed by atoms with Crippen molar-refractivity contribution in [1.82, 2.24) is 9.80 Å². The standard InChI is InChI=1S/C20H18ClN3O4S3/c21-17-7-8-18(30-17)31(27,28)22-15-5-3-14(4-6-15)19(25)23-9-11-24(12-10-23)20(26)16-2-1-13-29-16/h1-8,13,22H,9-12H2. The first-order valence-corrected chi connectivity index (χ1v) is 12.9. The zero-order valence-electron chi connectivity index (χ0n) is 16.2. The molecule has 1 fully saturated rings. The molecular weight excluding hydrogens is 478 g/mol. The second-order valence-corrected chi connectivity index (χ2v) is 11.4. The number of sulfonamides is 1. The normalized spacial score (nSPS) is 14.5. The molecule has 0 saturated carbocycles. The number of anilines is 1. The van der Waals surface area contributed by atoms with Crippen molar-refractivity contribution in [2.45, 2.75) is 4.21 Å². The zero-order valence-corrected chi connectivity index (χ0v) is 19.4. The van der Waals surface area contributed by atoms with E-state index in [2.05, 4.69) is 4.72 Å². The third-order valence-electron chi connectivity index (χ3n) is 4.78. The van der Waals surface area contributed by atoms with Gasteiger partial charge in [0, 0.05) is 37.4 Å². The number of amides is 2. The monoisotopic (exact) mass is 495 g/mol. The molecule has 0 bridgehead atoms. The molecule has 2 aromatic heterocycles. The van der Waals surface area contributed by atoms with E-state index in [9.17, 15) is 18.0 Å². The van der Waals surface area contributed by atoms with Crippen LogP contribution in [-0.2, 0) is 10.0 Å². The molecule has 162 valence electrons. The summed E-state index contributed by atoms with van der Waals surface area (Å²) in [5, 5.41) is 1.87.